The van der Waals surface area contributed by atoms with Crippen LogP contribution in [0.15, 0.2) is 0 Å². The van der Waals surface area contributed by atoms with Crippen molar-refractivity contribution >= 4 is 5.91 Å². The number of hydrogen-bond donors (Lipinski definition) is 0. The topological polar surface area (TPSA) is 42.0 Å². The molecular formula is C17H30N2O3. The number of likely N-dealkylation sites (tertiary alicyclic amines) is 2. The van der Waals surface area contributed by atoms with E-state index in [1.54, 1.807) is 0 Å². The van der Waals surface area contributed by atoms with Gasteiger partial charge in [-0.2, -0.15) is 0 Å². The highest BCUT2D eigenvalue weighted by Crippen LogP contribution is 2.32. The van der Waals surface area contributed by atoms with Crippen LogP contribution in [0.1, 0.15) is 52.9 Å². The van der Waals surface area contributed by atoms with Gasteiger partial charge in [-0.1, -0.05) is 0 Å². The lowest BCUT2D eigenvalue weighted by atomic mass is 9.95. The normalized spacial score (nSPS) is 34.0. The Morgan fingerprint density at radius 3 is 2.18 bits per heavy atom. The van der Waals surface area contributed by atoms with Crippen molar-refractivity contribution in [1.82, 2.24) is 9.80 Å². The summed E-state index contributed by atoms with van der Waals surface area (Å²) in [7, 11) is 0. The monoisotopic (exact) mass is 310 g/mol. The second-order valence-corrected chi connectivity index (χ2v) is 7.19. The molecule has 0 aromatic heterocycles. The molecule has 0 N–H and O–H groups in total. The van der Waals surface area contributed by atoms with Crippen molar-refractivity contribution in [2.24, 2.45) is 0 Å². The van der Waals surface area contributed by atoms with Gasteiger partial charge in [0.1, 0.15) is 0 Å². The third-order valence-corrected chi connectivity index (χ3v) is 5.73. The molecule has 3 atom stereocenters. The highest BCUT2D eigenvalue weighted by Gasteiger charge is 2.42. The van der Waals surface area contributed by atoms with E-state index in [-0.39, 0.29) is 11.8 Å². The molecule has 1 spiro atoms. The minimum atomic E-state index is -0.356. The highest BCUT2D eigenvalue weighted by molar-refractivity contribution is 5.82. The summed E-state index contributed by atoms with van der Waals surface area (Å²) in [6.07, 6.45) is 5.24. The van der Waals surface area contributed by atoms with E-state index in [0.717, 1.165) is 38.8 Å². The number of nitrogens with zero attached hydrogens (tertiary/aromatic N) is 2. The Kier molecular flexibility index (Phi) is 4.76. The van der Waals surface area contributed by atoms with Crippen LogP contribution in [0.4, 0.5) is 0 Å². The number of piperidine rings is 2. The first-order valence-electron chi connectivity index (χ1n) is 8.86. The number of amides is 1. The molecule has 3 heterocycles. The van der Waals surface area contributed by atoms with Gasteiger partial charge in [-0.25, -0.2) is 0 Å². The Bertz CT molecular complexity index is 389. The van der Waals surface area contributed by atoms with Crippen molar-refractivity contribution < 1.29 is 14.3 Å². The van der Waals surface area contributed by atoms with E-state index in [0.29, 0.717) is 31.2 Å². The van der Waals surface area contributed by atoms with Gasteiger partial charge in [0.05, 0.1) is 19.3 Å². The zero-order chi connectivity index (χ0) is 15.7. The molecule has 22 heavy (non-hydrogen) atoms. The summed E-state index contributed by atoms with van der Waals surface area (Å²) < 4.78 is 11.6. The second-order valence-electron chi connectivity index (χ2n) is 7.19. The van der Waals surface area contributed by atoms with E-state index in [1.807, 2.05) is 0 Å². The van der Waals surface area contributed by atoms with Crippen molar-refractivity contribution in [3.05, 3.63) is 0 Å². The lowest BCUT2D eigenvalue weighted by molar-refractivity contribution is -0.189. The molecule has 126 valence electrons. The van der Waals surface area contributed by atoms with Crippen molar-refractivity contribution in [2.45, 2.75) is 76.8 Å². The Morgan fingerprint density at radius 2 is 1.64 bits per heavy atom. The molecule has 0 radical (unpaired) electrons. The largest absolute Gasteiger partial charge is 0.347 e. The van der Waals surface area contributed by atoms with Crippen LogP contribution in [-0.2, 0) is 14.3 Å². The lowest BCUT2D eigenvalue weighted by Crippen LogP contribution is -2.57. The number of carbonyl (C=O) groups excluding carboxylic acids is 1. The van der Waals surface area contributed by atoms with Gasteiger partial charge >= 0.3 is 0 Å². The van der Waals surface area contributed by atoms with E-state index in [1.165, 1.54) is 6.42 Å². The smallest absolute Gasteiger partial charge is 0.240 e. The predicted octanol–water partition coefficient (Wildman–Crippen LogP) is 2.00. The van der Waals surface area contributed by atoms with Crippen LogP contribution < -0.4 is 0 Å². The predicted molar refractivity (Wildman–Crippen MR) is 84.5 cm³/mol. The number of ether oxygens (including phenoxy) is 2. The van der Waals surface area contributed by atoms with Crippen LogP contribution in [0.5, 0.6) is 0 Å². The van der Waals surface area contributed by atoms with Gasteiger partial charge in [0.15, 0.2) is 5.79 Å². The lowest BCUT2D eigenvalue weighted by Gasteiger charge is -2.44. The summed E-state index contributed by atoms with van der Waals surface area (Å²) in [6, 6.07) is 0.703. The molecule has 3 aliphatic heterocycles. The molecule has 0 saturated carbocycles. The fourth-order valence-electron chi connectivity index (χ4n) is 4.27. The fourth-order valence-corrected chi connectivity index (χ4v) is 4.27. The maximum Gasteiger partial charge on any atom is 0.240 e. The standard InChI is InChI=1S/C17H30N2O3/c1-13-5-4-6-14(2)19(13)16(20)15(3)18-9-7-17(8-10-18)21-11-12-22-17/h13-15H,4-12H2,1-3H3/t13-,14+,15-/m0/s1. The first kappa shape index (κ1) is 16.2. The molecule has 3 aliphatic rings. The van der Waals surface area contributed by atoms with Crippen LogP contribution >= 0.6 is 0 Å². The minimum absolute atomic E-state index is 0.0400. The van der Waals surface area contributed by atoms with E-state index in [4.69, 9.17) is 9.47 Å². The molecule has 0 aliphatic carbocycles. The molecule has 3 rings (SSSR count). The van der Waals surface area contributed by atoms with Gasteiger partial charge in [0, 0.05) is 38.0 Å². The van der Waals surface area contributed by atoms with E-state index < -0.39 is 0 Å². The number of hydrogen-bond acceptors (Lipinski definition) is 4. The molecule has 0 aromatic carbocycles. The summed E-state index contributed by atoms with van der Waals surface area (Å²) in [5, 5.41) is 0. The van der Waals surface area contributed by atoms with E-state index in [9.17, 15) is 4.79 Å². The van der Waals surface area contributed by atoms with Crippen molar-refractivity contribution in [3.63, 3.8) is 0 Å². The van der Waals surface area contributed by atoms with Crippen molar-refractivity contribution in [1.29, 1.82) is 0 Å². The molecule has 0 bridgehead atoms. The highest BCUT2D eigenvalue weighted by atomic mass is 16.7. The van der Waals surface area contributed by atoms with E-state index >= 15 is 0 Å². The summed E-state index contributed by atoms with van der Waals surface area (Å²) in [5.41, 5.74) is 0. The molecule has 5 heteroatoms. The molecular weight excluding hydrogens is 280 g/mol. The molecule has 3 saturated heterocycles. The number of carbonyl (C=O) groups is 1. The summed E-state index contributed by atoms with van der Waals surface area (Å²) in [6.45, 7) is 9.60. The van der Waals surface area contributed by atoms with Gasteiger partial charge in [-0.05, 0) is 40.0 Å². The summed E-state index contributed by atoms with van der Waals surface area (Å²) in [4.78, 5) is 17.4. The Hall–Kier alpha value is -0.650. The second kappa shape index (κ2) is 6.46. The van der Waals surface area contributed by atoms with Gasteiger partial charge in [0.2, 0.25) is 5.91 Å². The summed E-state index contributed by atoms with van der Waals surface area (Å²) >= 11 is 0. The molecule has 0 aromatic rings. The van der Waals surface area contributed by atoms with Gasteiger partial charge in [0.25, 0.3) is 0 Å². The van der Waals surface area contributed by atoms with Crippen molar-refractivity contribution in [3.8, 4) is 0 Å². The Morgan fingerprint density at radius 1 is 1.09 bits per heavy atom. The van der Waals surface area contributed by atoms with Crippen LogP contribution in [0.25, 0.3) is 0 Å². The maximum absolute atomic E-state index is 13.0. The zero-order valence-corrected chi connectivity index (χ0v) is 14.2. The quantitative estimate of drug-likeness (QED) is 0.782. The molecule has 1 amide bonds. The van der Waals surface area contributed by atoms with Crippen LogP contribution in [-0.4, -0.2) is 65.9 Å². The third-order valence-electron chi connectivity index (χ3n) is 5.73. The van der Waals surface area contributed by atoms with E-state index in [2.05, 4.69) is 30.6 Å². The Balaban J connectivity index is 1.59. The first-order valence-corrected chi connectivity index (χ1v) is 8.86. The van der Waals surface area contributed by atoms with Gasteiger partial charge in [-0.15, -0.1) is 0 Å². The average Bonchev–Trinajstić information content (AvgIpc) is 2.95. The zero-order valence-electron chi connectivity index (χ0n) is 14.2. The first-order chi connectivity index (χ1) is 10.5. The molecule has 5 nitrogen and oxygen atoms in total. The van der Waals surface area contributed by atoms with Gasteiger partial charge in [-0.3, -0.25) is 9.69 Å². The molecule has 3 fully saturated rings. The molecule has 0 unspecified atom stereocenters. The van der Waals surface area contributed by atoms with Crippen LogP contribution in [0.2, 0.25) is 0 Å². The van der Waals surface area contributed by atoms with Crippen LogP contribution in [0, 0.1) is 0 Å². The van der Waals surface area contributed by atoms with Crippen LogP contribution in [0.3, 0.4) is 0 Å². The Labute approximate surface area is 133 Å². The SMILES string of the molecule is C[C@@H]1CCC[C@H](C)N1C(=O)[C@H](C)N1CCC2(CC1)OCCO2. The maximum atomic E-state index is 13.0. The average molecular weight is 310 g/mol. The third kappa shape index (κ3) is 3.03. The van der Waals surface area contributed by atoms with Crippen molar-refractivity contribution in [2.75, 3.05) is 26.3 Å². The number of rotatable bonds is 2. The summed E-state index contributed by atoms with van der Waals surface area (Å²) in [5.74, 6) is -0.0609. The minimum Gasteiger partial charge on any atom is -0.347 e. The fraction of sp³-hybridized carbons (Fsp3) is 0.941. The van der Waals surface area contributed by atoms with Gasteiger partial charge < -0.3 is 14.4 Å².